The third-order valence-electron chi connectivity index (χ3n) is 5.05. The molecule has 2 aromatic heterocycles. The average Bonchev–Trinajstić information content (AvgIpc) is 3.10. The van der Waals surface area contributed by atoms with Crippen molar-refractivity contribution >= 4 is 11.5 Å². The first kappa shape index (κ1) is 18.9. The van der Waals surface area contributed by atoms with Gasteiger partial charge in [0.25, 0.3) is 0 Å². The van der Waals surface area contributed by atoms with Crippen LogP contribution >= 0.6 is 0 Å². The number of rotatable bonds is 5. The number of aromatic amines is 1. The van der Waals surface area contributed by atoms with Crippen LogP contribution < -0.4 is 11.0 Å². The van der Waals surface area contributed by atoms with E-state index in [1.54, 1.807) is 6.20 Å². The highest BCUT2D eigenvalue weighted by Crippen LogP contribution is 2.27. The highest BCUT2D eigenvalue weighted by atomic mass is 16.1. The average molecular weight is 387 g/mol. The van der Waals surface area contributed by atoms with Gasteiger partial charge in [-0.2, -0.15) is 0 Å². The molecule has 4 aromatic rings. The van der Waals surface area contributed by atoms with Crippen molar-refractivity contribution < 1.29 is 0 Å². The molecule has 148 valence electrons. The lowest BCUT2D eigenvalue weighted by atomic mass is 9.91. The molecule has 0 saturated carbocycles. The summed E-state index contributed by atoms with van der Waals surface area (Å²) in [4.78, 5) is 17.0. The van der Waals surface area contributed by atoms with E-state index in [4.69, 9.17) is 4.98 Å². The minimum Gasteiger partial charge on any atom is -0.366 e. The number of hydrogen-bond acceptors (Lipinski definition) is 4. The molecule has 0 spiro atoms. The van der Waals surface area contributed by atoms with E-state index in [0.29, 0.717) is 18.0 Å². The number of anilines is 1. The van der Waals surface area contributed by atoms with Crippen LogP contribution in [0, 0.1) is 0 Å². The monoisotopic (exact) mass is 387 g/mol. The van der Waals surface area contributed by atoms with E-state index < -0.39 is 0 Å². The van der Waals surface area contributed by atoms with Crippen LogP contribution in [0.4, 0.5) is 5.82 Å². The maximum atomic E-state index is 12.2. The fourth-order valence-corrected chi connectivity index (χ4v) is 3.39. The van der Waals surface area contributed by atoms with Crippen molar-refractivity contribution in [2.75, 3.05) is 11.9 Å². The highest BCUT2D eigenvalue weighted by molar-refractivity contribution is 5.62. The zero-order valence-corrected chi connectivity index (χ0v) is 16.9. The van der Waals surface area contributed by atoms with Crippen molar-refractivity contribution in [1.82, 2.24) is 19.6 Å². The molecule has 6 heteroatoms. The van der Waals surface area contributed by atoms with E-state index in [2.05, 4.69) is 84.8 Å². The van der Waals surface area contributed by atoms with Crippen LogP contribution in [0.25, 0.3) is 5.65 Å². The molecule has 0 radical (unpaired) electrons. The number of H-pyrrole nitrogens is 1. The summed E-state index contributed by atoms with van der Waals surface area (Å²) in [7, 11) is 0. The number of fused-ring (bicyclic) bond motifs is 1. The lowest BCUT2D eigenvalue weighted by molar-refractivity contribution is 0.564. The fraction of sp³-hybridized carbons (Fsp3) is 0.261. The molecule has 0 aliphatic heterocycles. The summed E-state index contributed by atoms with van der Waals surface area (Å²) < 4.78 is 1.52. The lowest BCUT2D eigenvalue weighted by Gasteiger charge is -2.21. The van der Waals surface area contributed by atoms with Crippen molar-refractivity contribution in [2.45, 2.75) is 32.1 Å². The lowest BCUT2D eigenvalue weighted by Crippen LogP contribution is -2.21. The molecule has 4 rings (SSSR count). The van der Waals surface area contributed by atoms with Crippen LogP contribution in [-0.2, 0) is 5.41 Å². The summed E-state index contributed by atoms with van der Waals surface area (Å²) in [5.74, 6) is 0.746. The Balaban J connectivity index is 1.73. The van der Waals surface area contributed by atoms with Gasteiger partial charge in [-0.1, -0.05) is 81.4 Å². The van der Waals surface area contributed by atoms with E-state index in [9.17, 15) is 4.79 Å². The summed E-state index contributed by atoms with van der Waals surface area (Å²) in [6.07, 6.45) is 1.76. The molecule has 29 heavy (non-hydrogen) atoms. The third-order valence-corrected chi connectivity index (χ3v) is 5.05. The number of nitrogens with one attached hydrogen (secondary N) is 2. The van der Waals surface area contributed by atoms with Gasteiger partial charge in [-0.05, 0) is 11.1 Å². The molecular weight excluding hydrogens is 362 g/mol. The fourth-order valence-electron chi connectivity index (χ4n) is 3.39. The molecule has 0 saturated heterocycles. The quantitative estimate of drug-likeness (QED) is 0.544. The van der Waals surface area contributed by atoms with Crippen LogP contribution in [0.1, 0.15) is 43.5 Å². The molecule has 0 atom stereocenters. The largest absolute Gasteiger partial charge is 0.366 e. The van der Waals surface area contributed by atoms with E-state index in [1.165, 1.54) is 15.5 Å². The number of benzene rings is 2. The molecule has 0 aliphatic rings. The predicted molar refractivity (Wildman–Crippen MR) is 116 cm³/mol. The van der Waals surface area contributed by atoms with Gasteiger partial charge in [0.2, 0.25) is 5.65 Å². The normalized spacial score (nSPS) is 11.9. The Kier molecular flexibility index (Phi) is 4.92. The minimum atomic E-state index is -0.265. The molecule has 0 unspecified atom stereocenters. The third kappa shape index (κ3) is 3.92. The van der Waals surface area contributed by atoms with Crippen molar-refractivity contribution in [3.8, 4) is 0 Å². The van der Waals surface area contributed by atoms with Gasteiger partial charge in [0.15, 0.2) is 5.82 Å². The second-order valence-electron chi connectivity index (χ2n) is 8.20. The number of aromatic nitrogens is 4. The van der Waals surface area contributed by atoms with Gasteiger partial charge in [-0.15, -0.1) is 5.10 Å². The Hall–Kier alpha value is -3.41. The number of hydrogen-bond donors (Lipinski definition) is 2. The molecule has 0 amide bonds. The van der Waals surface area contributed by atoms with E-state index >= 15 is 0 Å². The maximum absolute atomic E-state index is 12.2. The molecule has 0 aliphatic carbocycles. The van der Waals surface area contributed by atoms with Crippen LogP contribution in [-0.4, -0.2) is 26.1 Å². The summed E-state index contributed by atoms with van der Waals surface area (Å²) in [5.41, 5.74) is 3.30. The van der Waals surface area contributed by atoms with Crippen LogP contribution in [0.3, 0.4) is 0 Å². The molecule has 2 heterocycles. The van der Waals surface area contributed by atoms with Crippen LogP contribution in [0.5, 0.6) is 0 Å². The second kappa shape index (κ2) is 7.54. The summed E-state index contributed by atoms with van der Waals surface area (Å²) in [5, 5.41) is 10.1. The Bertz CT molecular complexity index is 1120. The zero-order valence-electron chi connectivity index (χ0n) is 16.9. The molecule has 2 N–H and O–H groups in total. The van der Waals surface area contributed by atoms with Gasteiger partial charge in [0.05, 0.1) is 5.69 Å². The minimum absolute atomic E-state index is 0.142. The van der Waals surface area contributed by atoms with E-state index in [1.807, 2.05) is 12.1 Å². The predicted octanol–water partition coefficient (Wildman–Crippen LogP) is 3.96. The van der Waals surface area contributed by atoms with Gasteiger partial charge in [-0.25, -0.2) is 19.3 Å². The Morgan fingerprint density at radius 2 is 1.59 bits per heavy atom. The summed E-state index contributed by atoms with van der Waals surface area (Å²) >= 11 is 0. The van der Waals surface area contributed by atoms with Crippen molar-refractivity contribution in [3.05, 3.63) is 94.2 Å². The molecule has 6 nitrogen and oxygen atoms in total. The standard InChI is InChI=1S/C23H25N5O/c1-23(2,3)19-15-28-21(26-27-22(28)29)20(25-19)24-14-18(16-10-6-4-7-11-16)17-12-8-5-9-13-17/h4-13,15,18H,14H2,1-3H3,(H,24,25)(H,27,29). The first-order valence-electron chi connectivity index (χ1n) is 9.75. The summed E-state index contributed by atoms with van der Waals surface area (Å²) in [6, 6.07) is 20.8. The molecule has 0 bridgehead atoms. The van der Waals surface area contributed by atoms with Gasteiger partial charge < -0.3 is 5.32 Å². The van der Waals surface area contributed by atoms with Gasteiger partial charge in [0, 0.05) is 24.1 Å². The van der Waals surface area contributed by atoms with Crippen LogP contribution in [0.2, 0.25) is 0 Å². The van der Waals surface area contributed by atoms with E-state index in [-0.39, 0.29) is 17.0 Å². The van der Waals surface area contributed by atoms with Gasteiger partial charge in [-0.3, -0.25) is 0 Å². The van der Waals surface area contributed by atoms with Gasteiger partial charge >= 0.3 is 5.69 Å². The van der Waals surface area contributed by atoms with Crippen LogP contribution in [0.15, 0.2) is 71.7 Å². The van der Waals surface area contributed by atoms with Crippen molar-refractivity contribution in [1.29, 1.82) is 0 Å². The second-order valence-corrected chi connectivity index (χ2v) is 8.20. The SMILES string of the molecule is CC(C)(C)c1cn2c(=O)[nH]nc2c(NCC(c2ccccc2)c2ccccc2)n1. The Labute approximate surface area is 169 Å². The zero-order chi connectivity index (χ0) is 20.4. The maximum Gasteiger partial charge on any atom is 0.347 e. The molecule has 0 fully saturated rings. The number of nitrogens with zero attached hydrogens (tertiary/aromatic N) is 3. The first-order valence-corrected chi connectivity index (χ1v) is 9.75. The van der Waals surface area contributed by atoms with Gasteiger partial charge in [0.1, 0.15) is 0 Å². The smallest absolute Gasteiger partial charge is 0.347 e. The molecular formula is C23H25N5O. The highest BCUT2D eigenvalue weighted by Gasteiger charge is 2.21. The molecule has 2 aromatic carbocycles. The first-order chi connectivity index (χ1) is 13.9. The Morgan fingerprint density at radius 1 is 1.00 bits per heavy atom. The van der Waals surface area contributed by atoms with E-state index in [0.717, 1.165) is 5.69 Å². The van der Waals surface area contributed by atoms with Crippen molar-refractivity contribution in [3.63, 3.8) is 0 Å². The topological polar surface area (TPSA) is 75.1 Å². The summed E-state index contributed by atoms with van der Waals surface area (Å²) in [6.45, 7) is 6.86. The van der Waals surface area contributed by atoms with Crippen molar-refractivity contribution in [2.24, 2.45) is 0 Å². The Morgan fingerprint density at radius 3 is 2.14 bits per heavy atom.